The average molecular weight is 184 g/mol. The summed E-state index contributed by atoms with van der Waals surface area (Å²) in [6.45, 7) is 8.54. The molecule has 1 rings (SSSR count). The van der Waals surface area contributed by atoms with Crippen LogP contribution < -0.4 is 5.32 Å². The van der Waals surface area contributed by atoms with Crippen molar-refractivity contribution in [1.29, 1.82) is 0 Å². The Morgan fingerprint density at radius 3 is 2.83 bits per heavy atom. The van der Waals surface area contributed by atoms with Gasteiger partial charge in [-0.3, -0.25) is 0 Å². The van der Waals surface area contributed by atoms with Crippen molar-refractivity contribution in [1.82, 2.24) is 10.3 Å². The molecule has 0 saturated heterocycles. The van der Waals surface area contributed by atoms with Gasteiger partial charge in [0.2, 0.25) is 0 Å². The van der Waals surface area contributed by atoms with Crippen molar-refractivity contribution in [3.63, 3.8) is 0 Å². The van der Waals surface area contributed by atoms with Gasteiger partial charge in [0.15, 0.2) is 0 Å². The molecule has 0 aliphatic heterocycles. The third kappa shape index (κ3) is 2.91. The predicted octanol–water partition coefficient (Wildman–Crippen LogP) is 2.20. The minimum Gasteiger partial charge on any atom is -0.312 e. The van der Waals surface area contributed by atoms with Crippen LogP contribution in [0.2, 0.25) is 0 Å². The van der Waals surface area contributed by atoms with Crippen LogP contribution in [-0.2, 0) is 6.54 Å². The molecule has 0 unspecified atom stereocenters. The number of rotatable bonds is 4. The SMILES string of the molecule is Cc1ncsc1CNCC(C)C. The molecule has 68 valence electrons. The molecule has 1 aromatic heterocycles. The van der Waals surface area contributed by atoms with Gasteiger partial charge in [-0.25, -0.2) is 4.98 Å². The molecule has 1 heterocycles. The van der Waals surface area contributed by atoms with E-state index in [0.29, 0.717) is 0 Å². The summed E-state index contributed by atoms with van der Waals surface area (Å²) in [5, 5.41) is 3.40. The maximum Gasteiger partial charge on any atom is 0.0798 e. The second kappa shape index (κ2) is 4.58. The van der Waals surface area contributed by atoms with Crippen molar-refractivity contribution in [2.45, 2.75) is 27.3 Å². The Morgan fingerprint density at radius 1 is 1.58 bits per heavy atom. The third-order valence-corrected chi connectivity index (χ3v) is 2.62. The van der Waals surface area contributed by atoms with Gasteiger partial charge in [-0.1, -0.05) is 13.8 Å². The maximum atomic E-state index is 4.19. The summed E-state index contributed by atoms with van der Waals surface area (Å²) in [4.78, 5) is 5.55. The standard InChI is InChI=1S/C9H16N2S/c1-7(2)4-10-5-9-8(3)11-6-12-9/h6-7,10H,4-5H2,1-3H3. The lowest BCUT2D eigenvalue weighted by Crippen LogP contribution is -2.18. The lowest BCUT2D eigenvalue weighted by Gasteiger charge is -2.05. The molecule has 0 saturated carbocycles. The second-order valence-electron chi connectivity index (χ2n) is 3.39. The third-order valence-electron chi connectivity index (χ3n) is 1.68. The number of hydrogen-bond acceptors (Lipinski definition) is 3. The predicted molar refractivity (Wildman–Crippen MR) is 53.4 cm³/mol. The van der Waals surface area contributed by atoms with Crippen molar-refractivity contribution in [2.75, 3.05) is 6.54 Å². The van der Waals surface area contributed by atoms with Crippen molar-refractivity contribution in [3.8, 4) is 0 Å². The molecule has 0 aliphatic rings. The quantitative estimate of drug-likeness (QED) is 0.776. The first-order valence-corrected chi connectivity index (χ1v) is 5.17. The molecule has 1 N–H and O–H groups in total. The van der Waals surface area contributed by atoms with Crippen LogP contribution in [-0.4, -0.2) is 11.5 Å². The lowest BCUT2D eigenvalue weighted by atomic mass is 10.2. The monoisotopic (exact) mass is 184 g/mol. The van der Waals surface area contributed by atoms with Gasteiger partial charge in [0, 0.05) is 11.4 Å². The molecule has 0 atom stereocenters. The Kier molecular flexibility index (Phi) is 3.69. The summed E-state index contributed by atoms with van der Waals surface area (Å²) in [6.07, 6.45) is 0. The molecule has 1 aromatic rings. The number of thiazole rings is 1. The van der Waals surface area contributed by atoms with E-state index in [1.165, 1.54) is 4.88 Å². The van der Waals surface area contributed by atoms with Gasteiger partial charge < -0.3 is 5.32 Å². The zero-order valence-corrected chi connectivity index (χ0v) is 8.74. The van der Waals surface area contributed by atoms with E-state index in [1.807, 2.05) is 5.51 Å². The number of nitrogens with zero attached hydrogens (tertiary/aromatic N) is 1. The van der Waals surface area contributed by atoms with Crippen LogP contribution in [0, 0.1) is 12.8 Å². The molecule has 0 aromatic carbocycles. The van der Waals surface area contributed by atoms with Crippen molar-refractivity contribution >= 4 is 11.3 Å². The van der Waals surface area contributed by atoms with Crippen LogP contribution in [0.1, 0.15) is 24.4 Å². The van der Waals surface area contributed by atoms with E-state index in [9.17, 15) is 0 Å². The van der Waals surface area contributed by atoms with E-state index in [4.69, 9.17) is 0 Å². The van der Waals surface area contributed by atoms with Crippen LogP contribution in [0.5, 0.6) is 0 Å². The fraction of sp³-hybridized carbons (Fsp3) is 0.667. The largest absolute Gasteiger partial charge is 0.312 e. The molecule has 0 spiro atoms. The molecule has 12 heavy (non-hydrogen) atoms. The van der Waals surface area contributed by atoms with Gasteiger partial charge in [-0.15, -0.1) is 11.3 Å². The molecule has 0 radical (unpaired) electrons. The van der Waals surface area contributed by atoms with Crippen LogP contribution in [0.4, 0.5) is 0 Å². The lowest BCUT2D eigenvalue weighted by molar-refractivity contribution is 0.554. The zero-order chi connectivity index (χ0) is 8.97. The summed E-state index contributed by atoms with van der Waals surface area (Å²) in [5.74, 6) is 0.721. The topological polar surface area (TPSA) is 24.9 Å². The average Bonchev–Trinajstić information content (AvgIpc) is 2.36. The number of aromatic nitrogens is 1. The molecule has 0 bridgehead atoms. The van der Waals surface area contributed by atoms with Crippen LogP contribution in [0.25, 0.3) is 0 Å². The minimum atomic E-state index is 0.721. The van der Waals surface area contributed by atoms with Gasteiger partial charge in [-0.2, -0.15) is 0 Å². The Bertz CT molecular complexity index is 230. The zero-order valence-electron chi connectivity index (χ0n) is 7.92. The van der Waals surface area contributed by atoms with Crippen LogP contribution in [0.3, 0.4) is 0 Å². The minimum absolute atomic E-state index is 0.721. The smallest absolute Gasteiger partial charge is 0.0798 e. The van der Waals surface area contributed by atoms with Crippen molar-refractivity contribution < 1.29 is 0 Å². The molecule has 0 fully saturated rings. The fourth-order valence-corrected chi connectivity index (χ4v) is 1.72. The first-order valence-electron chi connectivity index (χ1n) is 4.30. The van der Waals surface area contributed by atoms with Gasteiger partial charge in [-0.05, 0) is 19.4 Å². The van der Waals surface area contributed by atoms with Crippen molar-refractivity contribution in [2.24, 2.45) is 5.92 Å². The highest BCUT2D eigenvalue weighted by molar-refractivity contribution is 7.09. The van der Waals surface area contributed by atoms with E-state index < -0.39 is 0 Å². The summed E-state index contributed by atoms with van der Waals surface area (Å²) < 4.78 is 0. The molecule has 2 nitrogen and oxygen atoms in total. The molecule has 0 amide bonds. The first-order chi connectivity index (χ1) is 5.70. The first kappa shape index (κ1) is 9.68. The van der Waals surface area contributed by atoms with Gasteiger partial charge >= 0.3 is 0 Å². The maximum absolute atomic E-state index is 4.19. The highest BCUT2D eigenvalue weighted by Crippen LogP contribution is 2.11. The van der Waals surface area contributed by atoms with Gasteiger partial charge in [0.25, 0.3) is 0 Å². The van der Waals surface area contributed by atoms with E-state index in [-0.39, 0.29) is 0 Å². The Balaban J connectivity index is 2.29. The van der Waals surface area contributed by atoms with Crippen LogP contribution >= 0.6 is 11.3 Å². The Hall–Kier alpha value is -0.410. The summed E-state index contributed by atoms with van der Waals surface area (Å²) in [5.41, 5.74) is 3.07. The summed E-state index contributed by atoms with van der Waals surface area (Å²) in [6, 6.07) is 0. The number of hydrogen-bond donors (Lipinski definition) is 1. The van der Waals surface area contributed by atoms with E-state index in [2.05, 4.69) is 31.1 Å². The van der Waals surface area contributed by atoms with Crippen molar-refractivity contribution in [3.05, 3.63) is 16.1 Å². The highest BCUT2D eigenvalue weighted by atomic mass is 32.1. The molecular weight excluding hydrogens is 168 g/mol. The fourth-order valence-electron chi connectivity index (χ4n) is 0.970. The van der Waals surface area contributed by atoms with Gasteiger partial charge in [0.1, 0.15) is 0 Å². The Labute approximate surface area is 78.0 Å². The Morgan fingerprint density at radius 2 is 2.33 bits per heavy atom. The van der Waals surface area contributed by atoms with E-state index >= 15 is 0 Å². The summed E-state index contributed by atoms with van der Waals surface area (Å²) in [7, 11) is 0. The van der Waals surface area contributed by atoms with Crippen LogP contribution in [0.15, 0.2) is 5.51 Å². The molecular formula is C9H16N2S. The summed E-state index contributed by atoms with van der Waals surface area (Å²) >= 11 is 1.73. The normalized spacial score (nSPS) is 11.0. The highest BCUT2D eigenvalue weighted by Gasteiger charge is 2.00. The van der Waals surface area contributed by atoms with E-state index in [0.717, 1.165) is 24.7 Å². The second-order valence-corrected chi connectivity index (χ2v) is 4.33. The number of nitrogens with one attached hydrogen (secondary N) is 1. The van der Waals surface area contributed by atoms with E-state index in [1.54, 1.807) is 11.3 Å². The number of aryl methyl sites for hydroxylation is 1. The van der Waals surface area contributed by atoms with Gasteiger partial charge in [0.05, 0.1) is 11.2 Å². The molecule has 0 aliphatic carbocycles. The molecule has 3 heteroatoms.